The Bertz CT molecular complexity index is 818. The third-order valence-corrected chi connectivity index (χ3v) is 4.68. The van der Waals surface area contributed by atoms with Crippen molar-refractivity contribution in [3.8, 4) is 0 Å². The van der Waals surface area contributed by atoms with E-state index in [-0.39, 0.29) is 6.61 Å². The van der Waals surface area contributed by atoms with Crippen molar-refractivity contribution in [2.45, 2.75) is 26.7 Å². The number of aryl methyl sites for hydroxylation is 1. The Hall–Kier alpha value is -2.63. The van der Waals surface area contributed by atoms with Gasteiger partial charge in [-0.1, -0.05) is 18.2 Å². The number of carboxylic acid groups (broad SMARTS) is 1. The molecule has 1 N–H and O–H groups in total. The zero-order chi connectivity index (χ0) is 18.0. The molecule has 1 fully saturated rings. The number of aliphatic carboxylic acids is 1. The molecular weight excluding hydrogens is 320 g/mol. The summed E-state index contributed by atoms with van der Waals surface area (Å²) in [5, 5.41) is 10.3. The quantitative estimate of drug-likeness (QED) is 0.861. The summed E-state index contributed by atoms with van der Waals surface area (Å²) in [5.41, 5.74) is 2.04. The van der Waals surface area contributed by atoms with Crippen LogP contribution in [0.4, 0.5) is 5.82 Å². The van der Waals surface area contributed by atoms with E-state index >= 15 is 0 Å². The van der Waals surface area contributed by atoms with E-state index in [9.17, 15) is 14.7 Å². The topological polar surface area (TPSA) is 79.7 Å². The van der Waals surface area contributed by atoms with Crippen LogP contribution in [0.3, 0.4) is 0 Å². The van der Waals surface area contributed by atoms with Gasteiger partial charge in [-0.25, -0.2) is 9.78 Å². The maximum atomic E-state index is 12.6. The molecule has 0 spiro atoms. The van der Waals surface area contributed by atoms with E-state index in [1.54, 1.807) is 6.92 Å². The van der Waals surface area contributed by atoms with Crippen LogP contribution in [0.2, 0.25) is 0 Å². The number of ether oxygens (including phenoxy) is 1. The first-order valence-electron chi connectivity index (χ1n) is 8.57. The molecule has 3 rings (SSSR count). The Kier molecular flexibility index (Phi) is 4.88. The van der Waals surface area contributed by atoms with Gasteiger partial charge in [-0.2, -0.15) is 0 Å². The van der Waals surface area contributed by atoms with Gasteiger partial charge in [0.05, 0.1) is 18.0 Å². The lowest BCUT2D eigenvalue weighted by atomic mass is 9.97. The number of carbonyl (C=O) groups excluding carboxylic acids is 1. The molecule has 1 aliphatic rings. The smallest absolute Gasteiger partial charge is 0.342 e. The summed E-state index contributed by atoms with van der Waals surface area (Å²) in [6.45, 7) is 4.97. The number of hydrogen-bond acceptors (Lipinski definition) is 5. The molecule has 1 unspecified atom stereocenters. The van der Waals surface area contributed by atoms with Crippen molar-refractivity contribution >= 4 is 28.7 Å². The number of carbonyl (C=O) groups is 2. The maximum Gasteiger partial charge on any atom is 0.342 e. The molecule has 0 aliphatic carbocycles. The van der Waals surface area contributed by atoms with Gasteiger partial charge in [0.15, 0.2) is 0 Å². The second-order valence-corrected chi connectivity index (χ2v) is 6.30. The van der Waals surface area contributed by atoms with E-state index in [2.05, 4.69) is 4.98 Å². The summed E-state index contributed by atoms with van der Waals surface area (Å²) >= 11 is 0. The highest BCUT2D eigenvalue weighted by Crippen LogP contribution is 2.31. The number of benzene rings is 1. The molecule has 0 saturated carbocycles. The molecule has 1 saturated heterocycles. The van der Waals surface area contributed by atoms with Crippen molar-refractivity contribution in [2.24, 2.45) is 5.92 Å². The van der Waals surface area contributed by atoms with Crippen molar-refractivity contribution in [3.63, 3.8) is 0 Å². The Balaban J connectivity index is 2.13. The normalized spacial score (nSPS) is 17.5. The van der Waals surface area contributed by atoms with Gasteiger partial charge in [-0.3, -0.25) is 4.79 Å². The SMILES string of the molecule is CCOC(=O)c1c(N2CCCC(C(=O)O)C2)nc2ccccc2c1C. The number of pyridine rings is 1. The summed E-state index contributed by atoms with van der Waals surface area (Å²) in [6.07, 6.45) is 1.40. The van der Waals surface area contributed by atoms with Gasteiger partial charge in [0.2, 0.25) is 0 Å². The van der Waals surface area contributed by atoms with Crippen LogP contribution in [-0.4, -0.2) is 41.7 Å². The lowest BCUT2D eigenvalue weighted by molar-refractivity contribution is -0.141. The fourth-order valence-corrected chi connectivity index (χ4v) is 3.41. The van der Waals surface area contributed by atoms with E-state index in [1.807, 2.05) is 36.1 Å². The molecule has 6 heteroatoms. The first-order valence-corrected chi connectivity index (χ1v) is 8.57. The van der Waals surface area contributed by atoms with Crippen LogP contribution in [0.15, 0.2) is 24.3 Å². The molecule has 1 aliphatic heterocycles. The van der Waals surface area contributed by atoms with Gasteiger partial charge < -0.3 is 14.7 Å². The average Bonchev–Trinajstić information content (AvgIpc) is 2.62. The van der Waals surface area contributed by atoms with Crippen LogP contribution in [0.5, 0.6) is 0 Å². The zero-order valence-corrected chi connectivity index (χ0v) is 14.5. The minimum absolute atomic E-state index is 0.280. The van der Waals surface area contributed by atoms with Crippen molar-refractivity contribution in [1.29, 1.82) is 0 Å². The first-order chi connectivity index (χ1) is 12.0. The van der Waals surface area contributed by atoms with Gasteiger partial charge >= 0.3 is 11.9 Å². The molecule has 25 heavy (non-hydrogen) atoms. The minimum Gasteiger partial charge on any atom is -0.481 e. The fraction of sp³-hybridized carbons (Fsp3) is 0.421. The van der Waals surface area contributed by atoms with Crippen LogP contribution < -0.4 is 4.90 Å². The van der Waals surface area contributed by atoms with Crippen LogP contribution in [0.25, 0.3) is 10.9 Å². The van der Waals surface area contributed by atoms with Crippen molar-refractivity contribution < 1.29 is 19.4 Å². The van der Waals surface area contributed by atoms with E-state index in [0.717, 1.165) is 22.9 Å². The third kappa shape index (κ3) is 3.29. The average molecular weight is 342 g/mol. The number of hydrogen-bond donors (Lipinski definition) is 1. The molecular formula is C19H22N2O4. The number of aromatic nitrogens is 1. The first kappa shape index (κ1) is 17.2. The third-order valence-electron chi connectivity index (χ3n) is 4.68. The highest BCUT2D eigenvalue weighted by molar-refractivity contribution is 6.02. The summed E-state index contributed by atoms with van der Waals surface area (Å²) in [7, 11) is 0. The number of carboxylic acids is 1. The van der Waals surface area contributed by atoms with E-state index in [1.165, 1.54) is 0 Å². The van der Waals surface area contributed by atoms with Crippen LogP contribution in [0.1, 0.15) is 35.7 Å². The molecule has 132 valence electrons. The van der Waals surface area contributed by atoms with Gasteiger partial charge in [-0.05, 0) is 38.3 Å². The van der Waals surface area contributed by atoms with Crippen LogP contribution in [-0.2, 0) is 9.53 Å². The lowest BCUT2D eigenvalue weighted by Crippen LogP contribution is -2.40. The number of rotatable bonds is 4. The lowest BCUT2D eigenvalue weighted by Gasteiger charge is -2.33. The highest BCUT2D eigenvalue weighted by Gasteiger charge is 2.30. The molecule has 2 aromatic rings. The molecule has 2 heterocycles. The van der Waals surface area contributed by atoms with Crippen LogP contribution in [0, 0.1) is 12.8 Å². The monoisotopic (exact) mass is 342 g/mol. The van der Waals surface area contributed by atoms with Gasteiger partial charge in [-0.15, -0.1) is 0 Å². The fourth-order valence-electron chi connectivity index (χ4n) is 3.41. The molecule has 1 aromatic carbocycles. The van der Waals surface area contributed by atoms with E-state index in [4.69, 9.17) is 4.74 Å². The minimum atomic E-state index is -0.806. The maximum absolute atomic E-state index is 12.6. The summed E-state index contributed by atoms with van der Waals surface area (Å²) < 4.78 is 5.24. The van der Waals surface area contributed by atoms with Gasteiger partial charge in [0, 0.05) is 18.5 Å². The molecule has 1 atom stereocenters. The number of esters is 1. The predicted octanol–water partition coefficient (Wildman–Crippen LogP) is 3.02. The number of nitrogens with zero attached hydrogens (tertiary/aromatic N) is 2. The van der Waals surface area contributed by atoms with E-state index < -0.39 is 17.9 Å². The van der Waals surface area contributed by atoms with Gasteiger partial charge in [0.25, 0.3) is 0 Å². The summed E-state index contributed by atoms with van der Waals surface area (Å²) in [4.78, 5) is 30.6. The Morgan fingerprint density at radius 1 is 1.36 bits per heavy atom. The summed E-state index contributed by atoms with van der Waals surface area (Å²) in [6, 6.07) is 7.64. The van der Waals surface area contributed by atoms with E-state index in [0.29, 0.717) is 30.9 Å². The van der Waals surface area contributed by atoms with Crippen molar-refractivity contribution in [1.82, 2.24) is 4.98 Å². The molecule has 0 amide bonds. The zero-order valence-electron chi connectivity index (χ0n) is 14.5. The van der Waals surface area contributed by atoms with Gasteiger partial charge in [0.1, 0.15) is 11.4 Å². The van der Waals surface area contributed by atoms with Crippen molar-refractivity contribution in [2.75, 3.05) is 24.6 Å². The number of fused-ring (bicyclic) bond motifs is 1. The Morgan fingerprint density at radius 2 is 2.12 bits per heavy atom. The predicted molar refractivity (Wildman–Crippen MR) is 95.0 cm³/mol. The second-order valence-electron chi connectivity index (χ2n) is 6.30. The molecule has 0 radical (unpaired) electrons. The Morgan fingerprint density at radius 3 is 2.84 bits per heavy atom. The van der Waals surface area contributed by atoms with Crippen LogP contribution >= 0.6 is 0 Å². The second kappa shape index (κ2) is 7.09. The summed E-state index contributed by atoms with van der Waals surface area (Å²) in [5.74, 6) is -1.14. The molecule has 1 aromatic heterocycles. The highest BCUT2D eigenvalue weighted by atomic mass is 16.5. The largest absolute Gasteiger partial charge is 0.481 e. The molecule has 6 nitrogen and oxygen atoms in total. The van der Waals surface area contributed by atoms with Crippen molar-refractivity contribution in [3.05, 3.63) is 35.4 Å². The standard InChI is InChI=1S/C19H22N2O4/c1-3-25-19(24)16-12(2)14-8-4-5-9-15(14)20-17(16)21-10-6-7-13(11-21)18(22)23/h4-5,8-9,13H,3,6-7,10-11H2,1-2H3,(H,22,23). The number of para-hydroxylation sites is 1. The number of anilines is 1. The number of piperidine rings is 1. The molecule has 0 bridgehead atoms. The Labute approximate surface area is 146 Å².